The largest absolute Gasteiger partial charge is 0.313 e. The van der Waals surface area contributed by atoms with Crippen LogP contribution in [-0.4, -0.2) is 22.0 Å². The summed E-state index contributed by atoms with van der Waals surface area (Å²) in [5, 5.41) is 4.35. The van der Waals surface area contributed by atoms with Crippen LogP contribution in [0.5, 0.6) is 0 Å². The van der Waals surface area contributed by atoms with E-state index in [0.29, 0.717) is 11.1 Å². The Bertz CT molecular complexity index is 475. The van der Waals surface area contributed by atoms with Crippen molar-refractivity contribution in [3.05, 3.63) is 29.3 Å². The Kier molecular flexibility index (Phi) is 4.70. The molecule has 1 saturated carbocycles. The molecule has 0 saturated heterocycles. The van der Waals surface area contributed by atoms with Crippen molar-refractivity contribution in [2.45, 2.75) is 49.8 Å². The minimum Gasteiger partial charge on any atom is -0.313 e. The molecule has 3 unspecified atom stereocenters. The highest BCUT2D eigenvalue weighted by molar-refractivity contribution is 7.85. The van der Waals surface area contributed by atoms with Gasteiger partial charge >= 0.3 is 0 Å². The van der Waals surface area contributed by atoms with E-state index in [4.69, 9.17) is 11.6 Å². The van der Waals surface area contributed by atoms with Gasteiger partial charge in [0.25, 0.3) is 0 Å². The summed E-state index contributed by atoms with van der Waals surface area (Å²) in [5.74, 6) is 0. The molecule has 0 aliphatic heterocycles. The van der Waals surface area contributed by atoms with Gasteiger partial charge in [-0.1, -0.05) is 38.4 Å². The Labute approximate surface area is 123 Å². The van der Waals surface area contributed by atoms with Gasteiger partial charge in [-0.15, -0.1) is 0 Å². The average molecular weight is 300 g/mol. The van der Waals surface area contributed by atoms with Crippen LogP contribution in [0, 0.1) is 5.41 Å². The number of nitrogens with one attached hydrogen (secondary N) is 1. The molecule has 1 aliphatic carbocycles. The van der Waals surface area contributed by atoms with Gasteiger partial charge in [-0.3, -0.25) is 4.21 Å². The second-order valence-corrected chi connectivity index (χ2v) is 7.96. The third-order valence-electron chi connectivity index (χ3n) is 4.01. The van der Waals surface area contributed by atoms with Crippen molar-refractivity contribution in [2.75, 3.05) is 6.54 Å². The molecule has 2 rings (SSSR count). The SMILES string of the molecule is CCNC1C(S(=O)c2cccc(Cl)c2)CCC1(C)C. The average Bonchev–Trinajstić information content (AvgIpc) is 2.65. The first-order chi connectivity index (χ1) is 8.95. The molecule has 4 heteroatoms. The van der Waals surface area contributed by atoms with Gasteiger partial charge in [0, 0.05) is 16.0 Å². The first-order valence-corrected chi connectivity index (χ1v) is 8.44. The summed E-state index contributed by atoms with van der Waals surface area (Å²) in [5.41, 5.74) is 0.203. The first-order valence-electron chi connectivity index (χ1n) is 6.85. The molecule has 0 bridgehead atoms. The van der Waals surface area contributed by atoms with Crippen LogP contribution < -0.4 is 5.32 Å². The molecule has 19 heavy (non-hydrogen) atoms. The zero-order valence-electron chi connectivity index (χ0n) is 11.8. The van der Waals surface area contributed by atoms with Gasteiger partial charge < -0.3 is 5.32 Å². The molecule has 1 aliphatic rings. The maximum absolute atomic E-state index is 12.8. The Morgan fingerprint density at radius 2 is 2.21 bits per heavy atom. The molecule has 0 amide bonds. The lowest BCUT2D eigenvalue weighted by atomic mass is 9.87. The fraction of sp³-hybridized carbons (Fsp3) is 0.600. The number of hydrogen-bond donors (Lipinski definition) is 1. The summed E-state index contributed by atoms with van der Waals surface area (Å²) in [6.07, 6.45) is 2.12. The van der Waals surface area contributed by atoms with E-state index in [-0.39, 0.29) is 10.7 Å². The monoisotopic (exact) mass is 299 g/mol. The predicted molar refractivity (Wildman–Crippen MR) is 82.1 cm³/mol. The molecule has 1 fully saturated rings. The highest BCUT2D eigenvalue weighted by Gasteiger charge is 2.44. The van der Waals surface area contributed by atoms with E-state index in [1.54, 1.807) is 0 Å². The molecule has 1 N–H and O–H groups in total. The normalized spacial score (nSPS) is 27.4. The Hall–Kier alpha value is -0.380. The summed E-state index contributed by atoms with van der Waals surface area (Å²) in [6.45, 7) is 7.54. The number of rotatable bonds is 4. The molecule has 0 heterocycles. The third-order valence-corrected chi connectivity index (χ3v) is 6.03. The summed E-state index contributed by atoms with van der Waals surface area (Å²) < 4.78 is 12.8. The second-order valence-electron chi connectivity index (χ2n) is 5.86. The summed E-state index contributed by atoms with van der Waals surface area (Å²) in [6, 6.07) is 7.74. The molecule has 1 aromatic rings. The Morgan fingerprint density at radius 3 is 2.84 bits per heavy atom. The fourth-order valence-electron chi connectivity index (χ4n) is 2.96. The molecule has 3 atom stereocenters. The second kappa shape index (κ2) is 5.94. The minimum atomic E-state index is -0.994. The molecule has 2 nitrogen and oxygen atoms in total. The van der Waals surface area contributed by atoms with Crippen LogP contribution in [0.3, 0.4) is 0 Å². The van der Waals surface area contributed by atoms with E-state index in [0.717, 1.165) is 24.3 Å². The lowest BCUT2D eigenvalue weighted by molar-refractivity contribution is 0.289. The zero-order valence-corrected chi connectivity index (χ0v) is 13.4. The molecular weight excluding hydrogens is 278 g/mol. The van der Waals surface area contributed by atoms with Crippen molar-refractivity contribution < 1.29 is 4.21 Å². The maximum Gasteiger partial charge on any atom is 0.0577 e. The fourth-order valence-corrected chi connectivity index (χ4v) is 5.07. The summed E-state index contributed by atoms with van der Waals surface area (Å²) >= 11 is 6.00. The van der Waals surface area contributed by atoms with Gasteiger partial charge in [-0.2, -0.15) is 0 Å². The molecular formula is C15H22ClNOS. The van der Waals surface area contributed by atoms with Crippen molar-refractivity contribution in [2.24, 2.45) is 5.41 Å². The quantitative estimate of drug-likeness (QED) is 0.920. The van der Waals surface area contributed by atoms with Crippen molar-refractivity contribution in [3.63, 3.8) is 0 Å². The van der Waals surface area contributed by atoms with E-state index in [1.165, 1.54) is 0 Å². The first kappa shape index (κ1) is 15.0. The van der Waals surface area contributed by atoms with Gasteiger partial charge in [-0.05, 0) is 43.0 Å². The topological polar surface area (TPSA) is 29.1 Å². The maximum atomic E-state index is 12.8. The molecule has 0 radical (unpaired) electrons. The van der Waals surface area contributed by atoms with Gasteiger partial charge in [-0.25, -0.2) is 0 Å². The smallest absolute Gasteiger partial charge is 0.0577 e. The van der Waals surface area contributed by atoms with Crippen LogP contribution in [0.4, 0.5) is 0 Å². The van der Waals surface area contributed by atoms with E-state index < -0.39 is 10.8 Å². The molecule has 1 aromatic carbocycles. The predicted octanol–water partition coefficient (Wildman–Crippen LogP) is 3.61. The van der Waals surface area contributed by atoms with Gasteiger partial charge in [0.15, 0.2) is 0 Å². The van der Waals surface area contributed by atoms with Crippen molar-refractivity contribution in [3.8, 4) is 0 Å². The van der Waals surface area contributed by atoms with Crippen LogP contribution in [0.15, 0.2) is 29.2 Å². The highest BCUT2D eigenvalue weighted by atomic mass is 35.5. The minimum absolute atomic E-state index is 0.174. The molecule has 106 valence electrons. The van der Waals surface area contributed by atoms with E-state index in [1.807, 2.05) is 24.3 Å². The van der Waals surface area contributed by atoms with Gasteiger partial charge in [0.2, 0.25) is 0 Å². The van der Waals surface area contributed by atoms with Crippen LogP contribution in [0.1, 0.15) is 33.6 Å². The lowest BCUT2D eigenvalue weighted by Gasteiger charge is -2.31. The van der Waals surface area contributed by atoms with Crippen molar-refractivity contribution in [1.29, 1.82) is 0 Å². The standard InChI is InChI=1S/C15H22ClNOS/c1-4-17-14-13(8-9-15(14,2)3)19(18)12-7-5-6-11(16)10-12/h5-7,10,13-14,17H,4,8-9H2,1-3H3. The van der Waals surface area contributed by atoms with E-state index in [2.05, 4.69) is 26.1 Å². The van der Waals surface area contributed by atoms with E-state index >= 15 is 0 Å². The highest BCUT2D eigenvalue weighted by Crippen LogP contribution is 2.41. The summed E-state index contributed by atoms with van der Waals surface area (Å²) in [4.78, 5) is 0.845. The van der Waals surface area contributed by atoms with Crippen molar-refractivity contribution in [1.82, 2.24) is 5.32 Å². The molecule has 0 aromatic heterocycles. The van der Waals surface area contributed by atoms with Gasteiger partial charge in [0.05, 0.1) is 16.0 Å². The van der Waals surface area contributed by atoms with Crippen LogP contribution in [0.2, 0.25) is 5.02 Å². The Balaban J connectivity index is 2.23. The van der Waals surface area contributed by atoms with Gasteiger partial charge in [0.1, 0.15) is 0 Å². The van der Waals surface area contributed by atoms with Crippen LogP contribution in [0.25, 0.3) is 0 Å². The van der Waals surface area contributed by atoms with Crippen LogP contribution >= 0.6 is 11.6 Å². The zero-order chi connectivity index (χ0) is 14.0. The number of halogens is 1. The summed E-state index contributed by atoms with van der Waals surface area (Å²) in [7, 11) is -0.994. The molecule has 0 spiro atoms. The van der Waals surface area contributed by atoms with Crippen molar-refractivity contribution >= 4 is 22.4 Å². The van der Waals surface area contributed by atoms with E-state index in [9.17, 15) is 4.21 Å². The lowest BCUT2D eigenvalue weighted by Crippen LogP contribution is -2.46. The number of hydrogen-bond acceptors (Lipinski definition) is 2. The van der Waals surface area contributed by atoms with Crippen LogP contribution in [-0.2, 0) is 10.8 Å². The number of benzene rings is 1. The third kappa shape index (κ3) is 3.21. The Morgan fingerprint density at radius 1 is 1.47 bits per heavy atom.